The summed E-state index contributed by atoms with van der Waals surface area (Å²) in [5.74, 6) is 1.94. The van der Waals surface area contributed by atoms with Crippen LogP contribution in [0.1, 0.15) is 32.8 Å². The lowest BCUT2D eigenvalue weighted by Crippen LogP contribution is -2.22. The fourth-order valence-corrected chi connectivity index (χ4v) is 2.36. The van der Waals surface area contributed by atoms with E-state index in [1.54, 1.807) is 7.11 Å². The number of imidazole rings is 1. The molecule has 2 aromatic rings. The van der Waals surface area contributed by atoms with Gasteiger partial charge in [0.2, 0.25) is 0 Å². The number of aryl methyl sites for hydroxylation is 1. The van der Waals surface area contributed by atoms with Crippen LogP contribution < -0.4 is 10.1 Å². The van der Waals surface area contributed by atoms with E-state index >= 15 is 0 Å². The van der Waals surface area contributed by atoms with E-state index in [9.17, 15) is 0 Å². The van der Waals surface area contributed by atoms with E-state index in [0.717, 1.165) is 42.2 Å². The van der Waals surface area contributed by atoms with Crippen molar-refractivity contribution in [3.8, 4) is 17.1 Å². The van der Waals surface area contributed by atoms with Gasteiger partial charge in [0.1, 0.15) is 11.6 Å². The van der Waals surface area contributed by atoms with E-state index in [1.807, 2.05) is 18.5 Å². The van der Waals surface area contributed by atoms with Crippen molar-refractivity contribution in [2.45, 2.75) is 46.3 Å². The molecule has 0 saturated carbocycles. The molecule has 1 aromatic carbocycles. The first-order valence-corrected chi connectivity index (χ1v) is 7.57. The highest BCUT2D eigenvalue weighted by Crippen LogP contribution is 2.26. The Balaban J connectivity index is 2.32. The molecular weight excluding hydrogens is 262 g/mol. The Morgan fingerprint density at radius 2 is 2.14 bits per heavy atom. The van der Waals surface area contributed by atoms with Crippen molar-refractivity contribution >= 4 is 0 Å². The second kappa shape index (κ2) is 7.27. The van der Waals surface area contributed by atoms with Crippen molar-refractivity contribution in [2.75, 3.05) is 7.11 Å². The summed E-state index contributed by atoms with van der Waals surface area (Å²) in [4.78, 5) is 4.50. The van der Waals surface area contributed by atoms with Crippen molar-refractivity contribution in [1.82, 2.24) is 14.9 Å². The summed E-state index contributed by atoms with van der Waals surface area (Å²) in [6.07, 6.45) is 5.00. The Bertz CT molecular complexity index is 575. The molecule has 0 atom stereocenters. The molecule has 0 saturated heterocycles. The van der Waals surface area contributed by atoms with Gasteiger partial charge in [-0.25, -0.2) is 4.98 Å². The first kappa shape index (κ1) is 15.6. The number of nitrogens with one attached hydrogen (secondary N) is 1. The normalized spacial score (nSPS) is 11.1. The number of methoxy groups -OCH3 is 1. The third-order valence-electron chi connectivity index (χ3n) is 3.42. The van der Waals surface area contributed by atoms with Gasteiger partial charge in [0.05, 0.1) is 7.11 Å². The van der Waals surface area contributed by atoms with Crippen LogP contribution >= 0.6 is 0 Å². The highest BCUT2D eigenvalue weighted by atomic mass is 16.5. The van der Waals surface area contributed by atoms with E-state index in [2.05, 4.69) is 47.8 Å². The number of hydrogen-bond donors (Lipinski definition) is 1. The second-order valence-electron chi connectivity index (χ2n) is 5.51. The van der Waals surface area contributed by atoms with Crippen LogP contribution in [0.3, 0.4) is 0 Å². The smallest absolute Gasteiger partial charge is 0.139 e. The summed E-state index contributed by atoms with van der Waals surface area (Å²) in [6, 6.07) is 6.72. The minimum Gasteiger partial charge on any atom is -0.496 e. The van der Waals surface area contributed by atoms with Crippen molar-refractivity contribution in [1.29, 1.82) is 0 Å². The van der Waals surface area contributed by atoms with E-state index < -0.39 is 0 Å². The first-order valence-electron chi connectivity index (χ1n) is 7.57. The summed E-state index contributed by atoms with van der Waals surface area (Å²) in [5, 5.41) is 3.44. The molecular formula is C17H25N3O. The quantitative estimate of drug-likeness (QED) is 0.847. The van der Waals surface area contributed by atoms with E-state index in [4.69, 9.17) is 4.74 Å². The Hall–Kier alpha value is -1.81. The molecule has 4 nitrogen and oxygen atoms in total. The fourth-order valence-electron chi connectivity index (χ4n) is 2.36. The molecule has 0 aliphatic rings. The summed E-state index contributed by atoms with van der Waals surface area (Å²) < 4.78 is 7.66. The fraction of sp³-hybridized carbons (Fsp3) is 0.471. The molecule has 114 valence electrons. The molecule has 1 heterocycles. The SMILES string of the molecule is CCCn1ccnc1-c1ccc(OC)c(CNC(C)C)c1. The van der Waals surface area contributed by atoms with Gasteiger partial charge in [0.25, 0.3) is 0 Å². The minimum atomic E-state index is 0.445. The van der Waals surface area contributed by atoms with Crippen LogP contribution in [-0.4, -0.2) is 22.7 Å². The van der Waals surface area contributed by atoms with Crippen molar-refractivity contribution in [3.63, 3.8) is 0 Å². The molecule has 2 rings (SSSR count). The number of nitrogens with zero attached hydrogens (tertiary/aromatic N) is 2. The van der Waals surface area contributed by atoms with Crippen LogP contribution in [0.25, 0.3) is 11.4 Å². The number of benzene rings is 1. The van der Waals surface area contributed by atoms with Crippen LogP contribution in [0.5, 0.6) is 5.75 Å². The molecule has 1 aromatic heterocycles. The van der Waals surface area contributed by atoms with Crippen molar-refractivity contribution in [2.24, 2.45) is 0 Å². The van der Waals surface area contributed by atoms with E-state index in [0.29, 0.717) is 6.04 Å². The molecule has 1 N–H and O–H groups in total. The van der Waals surface area contributed by atoms with E-state index in [1.165, 1.54) is 0 Å². The zero-order chi connectivity index (χ0) is 15.2. The lowest BCUT2D eigenvalue weighted by atomic mass is 10.1. The maximum atomic E-state index is 5.46. The van der Waals surface area contributed by atoms with Gasteiger partial charge < -0.3 is 14.6 Å². The van der Waals surface area contributed by atoms with Gasteiger partial charge in [-0.05, 0) is 24.6 Å². The summed E-state index contributed by atoms with van der Waals surface area (Å²) in [6.45, 7) is 8.24. The largest absolute Gasteiger partial charge is 0.496 e. The van der Waals surface area contributed by atoms with Gasteiger partial charge in [-0.1, -0.05) is 20.8 Å². The molecule has 0 spiro atoms. The van der Waals surface area contributed by atoms with Gasteiger partial charge in [-0.2, -0.15) is 0 Å². The molecule has 0 radical (unpaired) electrons. The highest BCUT2D eigenvalue weighted by molar-refractivity contribution is 5.59. The van der Waals surface area contributed by atoms with E-state index in [-0.39, 0.29) is 0 Å². The second-order valence-corrected chi connectivity index (χ2v) is 5.51. The molecule has 0 unspecified atom stereocenters. The summed E-state index contributed by atoms with van der Waals surface area (Å²) >= 11 is 0. The number of ether oxygens (including phenoxy) is 1. The number of aromatic nitrogens is 2. The molecule has 21 heavy (non-hydrogen) atoms. The number of rotatable bonds is 7. The average molecular weight is 287 g/mol. The van der Waals surface area contributed by atoms with Gasteiger partial charge in [-0.15, -0.1) is 0 Å². The molecule has 0 aliphatic heterocycles. The van der Waals surface area contributed by atoms with Crippen LogP contribution in [0.2, 0.25) is 0 Å². The monoisotopic (exact) mass is 287 g/mol. The molecule has 4 heteroatoms. The first-order chi connectivity index (χ1) is 10.2. The topological polar surface area (TPSA) is 39.1 Å². The lowest BCUT2D eigenvalue weighted by molar-refractivity contribution is 0.406. The third-order valence-corrected chi connectivity index (χ3v) is 3.42. The van der Waals surface area contributed by atoms with Crippen LogP contribution in [0.15, 0.2) is 30.6 Å². The van der Waals surface area contributed by atoms with Crippen molar-refractivity contribution < 1.29 is 4.74 Å². The highest BCUT2D eigenvalue weighted by Gasteiger charge is 2.10. The van der Waals surface area contributed by atoms with Crippen LogP contribution in [0, 0.1) is 0 Å². The zero-order valence-electron chi connectivity index (χ0n) is 13.4. The maximum Gasteiger partial charge on any atom is 0.139 e. The van der Waals surface area contributed by atoms with Gasteiger partial charge >= 0.3 is 0 Å². The Morgan fingerprint density at radius 3 is 2.81 bits per heavy atom. The summed E-state index contributed by atoms with van der Waals surface area (Å²) in [5.41, 5.74) is 2.30. The predicted octanol–water partition coefficient (Wildman–Crippen LogP) is 3.47. The predicted molar refractivity (Wildman–Crippen MR) is 86.5 cm³/mol. The standard InChI is InChI=1S/C17H25N3O/c1-5-9-20-10-8-18-17(20)14-6-7-16(21-4)15(11-14)12-19-13(2)3/h6-8,10-11,13,19H,5,9,12H2,1-4H3. The Morgan fingerprint density at radius 1 is 1.33 bits per heavy atom. The van der Waals surface area contributed by atoms with Crippen LogP contribution in [-0.2, 0) is 13.1 Å². The molecule has 0 amide bonds. The van der Waals surface area contributed by atoms with Gasteiger partial charge in [0, 0.05) is 42.7 Å². The van der Waals surface area contributed by atoms with Gasteiger partial charge in [-0.3, -0.25) is 0 Å². The molecule has 0 fully saturated rings. The Kier molecular flexibility index (Phi) is 5.39. The molecule has 0 bridgehead atoms. The Labute approximate surface area is 127 Å². The lowest BCUT2D eigenvalue weighted by Gasteiger charge is -2.14. The average Bonchev–Trinajstić information content (AvgIpc) is 2.93. The van der Waals surface area contributed by atoms with Crippen molar-refractivity contribution in [3.05, 3.63) is 36.2 Å². The minimum absolute atomic E-state index is 0.445. The third kappa shape index (κ3) is 3.85. The van der Waals surface area contributed by atoms with Crippen LogP contribution in [0.4, 0.5) is 0 Å². The number of hydrogen-bond acceptors (Lipinski definition) is 3. The maximum absolute atomic E-state index is 5.46. The zero-order valence-corrected chi connectivity index (χ0v) is 13.4. The van der Waals surface area contributed by atoms with Gasteiger partial charge in [0.15, 0.2) is 0 Å². The molecule has 0 aliphatic carbocycles. The summed E-state index contributed by atoms with van der Waals surface area (Å²) in [7, 11) is 1.71.